The SMILES string of the molecule is Cc1ccc(-c2ccc(NC(=O)[C@H](NC[C@@H](C)c3ccc(C#N)cc3)c3ccccc3)cc2)nn1. The van der Waals surface area contributed by atoms with E-state index in [0.717, 1.165) is 28.1 Å². The van der Waals surface area contributed by atoms with E-state index in [9.17, 15) is 4.79 Å². The van der Waals surface area contributed by atoms with Crippen LogP contribution in [0.5, 0.6) is 0 Å². The molecule has 3 aromatic carbocycles. The fraction of sp³-hybridized carbons (Fsp3) is 0.172. The van der Waals surface area contributed by atoms with Gasteiger partial charge in [-0.05, 0) is 60.4 Å². The van der Waals surface area contributed by atoms with Gasteiger partial charge in [0, 0.05) is 17.8 Å². The molecule has 6 heteroatoms. The summed E-state index contributed by atoms with van der Waals surface area (Å²) in [7, 11) is 0. The number of rotatable bonds is 8. The van der Waals surface area contributed by atoms with Crippen molar-refractivity contribution in [1.29, 1.82) is 5.26 Å². The first-order chi connectivity index (χ1) is 17.0. The molecule has 0 aliphatic carbocycles. The minimum absolute atomic E-state index is 0.133. The Morgan fingerprint density at radius 3 is 2.23 bits per heavy atom. The number of anilines is 1. The zero-order chi connectivity index (χ0) is 24.6. The molecule has 0 saturated carbocycles. The third-order valence-electron chi connectivity index (χ3n) is 5.88. The van der Waals surface area contributed by atoms with E-state index in [2.05, 4.69) is 33.8 Å². The predicted molar refractivity (Wildman–Crippen MR) is 138 cm³/mol. The monoisotopic (exact) mass is 461 g/mol. The molecule has 0 spiro atoms. The van der Waals surface area contributed by atoms with Gasteiger partial charge in [-0.1, -0.05) is 61.5 Å². The van der Waals surface area contributed by atoms with Crippen molar-refractivity contribution >= 4 is 11.6 Å². The molecular formula is C29H27N5O. The molecule has 174 valence electrons. The minimum Gasteiger partial charge on any atom is -0.324 e. The van der Waals surface area contributed by atoms with Gasteiger partial charge in [0.2, 0.25) is 5.91 Å². The Hall–Kier alpha value is -4.34. The molecule has 35 heavy (non-hydrogen) atoms. The highest BCUT2D eigenvalue weighted by atomic mass is 16.2. The Bertz CT molecular complexity index is 1290. The second-order valence-electron chi connectivity index (χ2n) is 8.51. The summed E-state index contributed by atoms with van der Waals surface area (Å²) < 4.78 is 0. The quantitative estimate of drug-likeness (QED) is 0.367. The summed E-state index contributed by atoms with van der Waals surface area (Å²) in [4.78, 5) is 13.3. The van der Waals surface area contributed by atoms with Crippen molar-refractivity contribution in [1.82, 2.24) is 15.5 Å². The topological polar surface area (TPSA) is 90.7 Å². The van der Waals surface area contributed by atoms with Crippen LogP contribution in [-0.4, -0.2) is 22.6 Å². The fourth-order valence-corrected chi connectivity index (χ4v) is 3.80. The maximum atomic E-state index is 13.3. The van der Waals surface area contributed by atoms with E-state index in [1.165, 1.54) is 0 Å². The Kier molecular flexibility index (Phi) is 7.61. The van der Waals surface area contributed by atoms with Crippen molar-refractivity contribution in [3.05, 3.63) is 113 Å². The van der Waals surface area contributed by atoms with Crippen LogP contribution < -0.4 is 10.6 Å². The lowest BCUT2D eigenvalue weighted by Gasteiger charge is -2.22. The van der Waals surface area contributed by atoms with Gasteiger partial charge >= 0.3 is 0 Å². The molecule has 2 N–H and O–H groups in total. The smallest absolute Gasteiger partial charge is 0.246 e. The molecule has 1 aromatic heterocycles. The lowest BCUT2D eigenvalue weighted by Crippen LogP contribution is -2.35. The summed E-state index contributed by atoms with van der Waals surface area (Å²) in [5.74, 6) is 0.0303. The highest BCUT2D eigenvalue weighted by Gasteiger charge is 2.21. The molecule has 0 aliphatic heterocycles. The molecule has 4 aromatic rings. The van der Waals surface area contributed by atoms with Crippen molar-refractivity contribution < 1.29 is 4.79 Å². The van der Waals surface area contributed by atoms with Gasteiger partial charge in [0.05, 0.1) is 23.0 Å². The summed E-state index contributed by atoms with van der Waals surface area (Å²) in [6.45, 7) is 4.60. The zero-order valence-corrected chi connectivity index (χ0v) is 19.8. The molecule has 0 aliphatic rings. The van der Waals surface area contributed by atoms with Crippen LogP contribution in [0.15, 0.2) is 91.0 Å². The van der Waals surface area contributed by atoms with Gasteiger partial charge in [0.1, 0.15) is 6.04 Å². The molecule has 1 heterocycles. The molecule has 1 amide bonds. The predicted octanol–water partition coefficient (Wildman–Crippen LogP) is 5.40. The van der Waals surface area contributed by atoms with E-state index in [4.69, 9.17) is 5.26 Å². The molecular weight excluding hydrogens is 434 g/mol. The van der Waals surface area contributed by atoms with Crippen LogP contribution in [0.1, 0.15) is 41.3 Å². The summed E-state index contributed by atoms with van der Waals surface area (Å²) in [6, 6.07) is 30.3. The first-order valence-corrected chi connectivity index (χ1v) is 11.5. The van der Waals surface area contributed by atoms with E-state index in [0.29, 0.717) is 17.8 Å². The molecule has 0 radical (unpaired) electrons. The summed E-state index contributed by atoms with van der Waals surface area (Å²) in [5.41, 5.74) is 5.93. The minimum atomic E-state index is -0.514. The first-order valence-electron chi connectivity index (χ1n) is 11.5. The number of carbonyl (C=O) groups is 1. The average molecular weight is 462 g/mol. The van der Waals surface area contributed by atoms with Gasteiger partial charge in [-0.2, -0.15) is 15.5 Å². The molecule has 0 unspecified atom stereocenters. The Balaban J connectivity index is 1.46. The molecule has 2 atom stereocenters. The first kappa shape index (κ1) is 23.8. The molecule has 0 fully saturated rings. The van der Waals surface area contributed by atoms with Crippen LogP contribution in [0.2, 0.25) is 0 Å². The van der Waals surface area contributed by atoms with Gasteiger partial charge in [0.15, 0.2) is 0 Å². The summed E-state index contributed by atoms with van der Waals surface area (Å²) in [6.07, 6.45) is 0. The van der Waals surface area contributed by atoms with Crippen LogP contribution >= 0.6 is 0 Å². The number of aryl methyl sites for hydroxylation is 1. The third kappa shape index (κ3) is 6.17. The highest BCUT2D eigenvalue weighted by molar-refractivity contribution is 5.95. The van der Waals surface area contributed by atoms with Gasteiger partial charge in [-0.25, -0.2) is 0 Å². The van der Waals surface area contributed by atoms with E-state index in [-0.39, 0.29) is 11.8 Å². The van der Waals surface area contributed by atoms with Crippen LogP contribution in [0.3, 0.4) is 0 Å². The number of aromatic nitrogens is 2. The number of nitriles is 1. The summed E-state index contributed by atoms with van der Waals surface area (Å²) in [5, 5.41) is 23.8. The normalized spacial score (nSPS) is 12.4. The Morgan fingerprint density at radius 1 is 0.886 bits per heavy atom. The van der Waals surface area contributed by atoms with Crippen molar-refractivity contribution in [3.8, 4) is 17.3 Å². The van der Waals surface area contributed by atoms with Gasteiger partial charge < -0.3 is 10.6 Å². The number of nitrogens with one attached hydrogen (secondary N) is 2. The lowest BCUT2D eigenvalue weighted by atomic mass is 9.98. The number of hydrogen-bond donors (Lipinski definition) is 2. The van der Waals surface area contributed by atoms with Gasteiger partial charge in [-0.15, -0.1) is 0 Å². The maximum Gasteiger partial charge on any atom is 0.246 e. The molecule has 6 nitrogen and oxygen atoms in total. The lowest BCUT2D eigenvalue weighted by molar-refractivity contribution is -0.118. The second-order valence-corrected chi connectivity index (χ2v) is 8.51. The summed E-state index contributed by atoms with van der Waals surface area (Å²) >= 11 is 0. The van der Waals surface area contributed by atoms with Crippen molar-refractivity contribution in [2.24, 2.45) is 0 Å². The highest BCUT2D eigenvalue weighted by Crippen LogP contribution is 2.22. The third-order valence-corrected chi connectivity index (χ3v) is 5.88. The van der Waals surface area contributed by atoms with Crippen LogP contribution in [-0.2, 0) is 4.79 Å². The molecule has 0 saturated heterocycles. The molecule has 4 rings (SSSR count). The largest absolute Gasteiger partial charge is 0.324 e. The number of nitrogens with zero attached hydrogens (tertiary/aromatic N) is 3. The van der Waals surface area contributed by atoms with E-state index in [1.54, 1.807) is 0 Å². The Labute approximate surface area is 205 Å². The average Bonchev–Trinajstić information content (AvgIpc) is 2.90. The Morgan fingerprint density at radius 2 is 1.60 bits per heavy atom. The van der Waals surface area contributed by atoms with Gasteiger partial charge in [0.25, 0.3) is 0 Å². The standard InChI is InChI=1S/C29H27N5O/c1-20(23-11-9-22(18-30)10-12-23)19-31-28(25-6-4-3-5-7-25)29(35)32-26-15-13-24(14-16-26)27-17-8-21(2)33-34-27/h3-17,20,28,31H,19H2,1-2H3,(H,32,35)/t20-,28-/m1/s1. The fourth-order valence-electron chi connectivity index (χ4n) is 3.80. The number of hydrogen-bond acceptors (Lipinski definition) is 5. The van der Waals surface area contributed by atoms with Crippen molar-refractivity contribution in [2.75, 3.05) is 11.9 Å². The van der Waals surface area contributed by atoms with Gasteiger partial charge in [-0.3, -0.25) is 4.79 Å². The van der Waals surface area contributed by atoms with Crippen molar-refractivity contribution in [2.45, 2.75) is 25.8 Å². The van der Waals surface area contributed by atoms with Crippen LogP contribution in [0.4, 0.5) is 5.69 Å². The van der Waals surface area contributed by atoms with E-state index >= 15 is 0 Å². The van der Waals surface area contributed by atoms with Crippen molar-refractivity contribution in [3.63, 3.8) is 0 Å². The number of amides is 1. The number of benzene rings is 3. The van der Waals surface area contributed by atoms with E-state index < -0.39 is 6.04 Å². The maximum absolute atomic E-state index is 13.3. The second kappa shape index (κ2) is 11.2. The molecule has 0 bridgehead atoms. The van der Waals surface area contributed by atoms with Crippen LogP contribution in [0, 0.1) is 18.3 Å². The zero-order valence-electron chi connectivity index (χ0n) is 19.8. The van der Waals surface area contributed by atoms with E-state index in [1.807, 2.05) is 97.9 Å². The number of carbonyl (C=O) groups excluding carboxylic acids is 1. The van der Waals surface area contributed by atoms with Crippen LogP contribution in [0.25, 0.3) is 11.3 Å².